The Bertz CT molecular complexity index is 1190. The van der Waals surface area contributed by atoms with Crippen LogP contribution >= 0.6 is 0 Å². The molecule has 0 aliphatic carbocycles. The Hall–Kier alpha value is -3.85. The molecule has 4 rings (SSSR count). The predicted octanol–water partition coefficient (Wildman–Crippen LogP) is 3.91. The van der Waals surface area contributed by atoms with Gasteiger partial charge in [0.2, 0.25) is 17.8 Å². The van der Waals surface area contributed by atoms with Crippen molar-refractivity contribution in [2.45, 2.75) is 32.3 Å². The van der Waals surface area contributed by atoms with Crippen molar-refractivity contribution in [3.63, 3.8) is 0 Å². The Balaban J connectivity index is 1.62. The van der Waals surface area contributed by atoms with Crippen LogP contribution in [0.5, 0.6) is 11.5 Å². The van der Waals surface area contributed by atoms with Gasteiger partial charge in [-0.1, -0.05) is 37.3 Å². The molecule has 0 bridgehead atoms. The predicted molar refractivity (Wildman–Crippen MR) is 137 cm³/mol. The minimum Gasteiger partial charge on any atom is -0.493 e. The van der Waals surface area contributed by atoms with E-state index >= 15 is 0 Å². The number of nitrogens with zero attached hydrogens (tertiary/aromatic N) is 3. The molecule has 1 aliphatic heterocycles. The quantitative estimate of drug-likeness (QED) is 0.461. The Morgan fingerprint density at radius 3 is 2.58 bits per heavy atom. The summed E-state index contributed by atoms with van der Waals surface area (Å²) in [6.45, 7) is 2.81. The molecule has 3 aromatic rings. The Morgan fingerprint density at radius 1 is 1.14 bits per heavy atom. The first-order valence-corrected chi connectivity index (χ1v) is 12.1. The summed E-state index contributed by atoms with van der Waals surface area (Å²) in [6.07, 6.45) is 3.99. The van der Waals surface area contributed by atoms with E-state index in [0.717, 1.165) is 24.1 Å². The van der Waals surface area contributed by atoms with Gasteiger partial charge in [0.05, 0.1) is 31.7 Å². The van der Waals surface area contributed by atoms with Crippen LogP contribution in [0.2, 0.25) is 0 Å². The van der Waals surface area contributed by atoms with Crippen molar-refractivity contribution >= 4 is 17.8 Å². The maximum Gasteiger partial charge on any atom is 0.246 e. The number of methoxy groups -OCH3 is 2. The molecule has 1 aliphatic rings. The van der Waals surface area contributed by atoms with Crippen LogP contribution in [0.15, 0.2) is 54.7 Å². The molecule has 2 heterocycles. The first kappa shape index (κ1) is 25.2. The summed E-state index contributed by atoms with van der Waals surface area (Å²) in [5.74, 6) is 1.07. The lowest BCUT2D eigenvalue weighted by atomic mass is 10.2. The smallest absolute Gasteiger partial charge is 0.246 e. The summed E-state index contributed by atoms with van der Waals surface area (Å²) < 4.78 is 18.3. The second-order valence-electron chi connectivity index (χ2n) is 8.54. The molecule has 190 valence electrons. The molecular weight excluding hydrogens is 460 g/mol. The molecule has 2 amide bonds. The van der Waals surface area contributed by atoms with Crippen molar-refractivity contribution in [3.05, 3.63) is 54.7 Å². The van der Waals surface area contributed by atoms with Crippen LogP contribution in [0.1, 0.15) is 26.2 Å². The highest BCUT2D eigenvalue weighted by Crippen LogP contribution is 2.31. The van der Waals surface area contributed by atoms with Crippen LogP contribution in [0.4, 0.5) is 5.95 Å². The third-order valence-electron chi connectivity index (χ3n) is 6.11. The van der Waals surface area contributed by atoms with Gasteiger partial charge in [-0.25, -0.2) is 4.98 Å². The van der Waals surface area contributed by atoms with Crippen LogP contribution in [0.25, 0.3) is 16.9 Å². The summed E-state index contributed by atoms with van der Waals surface area (Å²) in [5.41, 5.74) is 2.34. The van der Waals surface area contributed by atoms with Crippen molar-refractivity contribution in [2.75, 3.05) is 39.2 Å². The largest absolute Gasteiger partial charge is 0.493 e. The number of anilines is 1. The molecule has 36 heavy (non-hydrogen) atoms. The summed E-state index contributed by atoms with van der Waals surface area (Å²) in [5, 5.41) is 2.91. The zero-order valence-corrected chi connectivity index (χ0v) is 20.9. The molecular formula is C27H32N4O5. The fraction of sp³-hybridized carbons (Fsp3) is 0.370. The Labute approximate surface area is 211 Å². The zero-order valence-electron chi connectivity index (χ0n) is 20.9. The average Bonchev–Trinajstić information content (AvgIpc) is 3.58. The lowest BCUT2D eigenvalue weighted by Gasteiger charge is -2.24. The molecule has 1 fully saturated rings. The van der Waals surface area contributed by atoms with Gasteiger partial charge < -0.3 is 19.1 Å². The van der Waals surface area contributed by atoms with Crippen LogP contribution in [0.3, 0.4) is 0 Å². The fourth-order valence-corrected chi connectivity index (χ4v) is 4.24. The summed E-state index contributed by atoms with van der Waals surface area (Å²) in [6, 6.07) is 15.2. The second kappa shape index (κ2) is 11.7. The van der Waals surface area contributed by atoms with Gasteiger partial charge in [0, 0.05) is 37.4 Å². The van der Waals surface area contributed by atoms with Crippen molar-refractivity contribution in [1.82, 2.24) is 14.5 Å². The van der Waals surface area contributed by atoms with Crippen molar-refractivity contribution in [1.29, 1.82) is 0 Å². The van der Waals surface area contributed by atoms with Gasteiger partial charge >= 0.3 is 0 Å². The average molecular weight is 493 g/mol. The number of hydrogen-bond donors (Lipinski definition) is 1. The van der Waals surface area contributed by atoms with E-state index in [-0.39, 0.29) is 24.5 Å². The molecule has 9 nitrogen and oxygen atoms in total. The third kappa shape index (κ3) is 5.85. The van der Waals surface area contributed by atoms with Crippen molar-refractivity contribution < 1.29 is 23.8 Å². The van der Waals surface area contributed by atoms with Crippen LogP contribution in [0, 0.1) is 0 Å². The van der Waals surface area contributed by atoms with Crippen LogP contribution in [-0.4, -0.2) is 66.3 Å². The van der Waals surface area contributed by atoms with Gasteiger partial charge in [-0.3, -0.25) is 19.5 Å². The molecule has 1 aromatic heterocycles. The van der Waals surface area contributed by atoms with Gasteiger partial charge in [-0.05, 0) is 25.0 Å². The molecule has 1 atom stereocenters. The van der Waals surface area contributed by atoms with E-state index < -0.39 is 0 Å². The number of nitrogens with one attached hydrogen (secondary N) is 1. The van der Waals surface area contributed by atoms with Gasteiger partial charge in [0.25, 0.3) is 0 Å². The van der Waals surface area contributed by atoms with Gasteiger partial charge in [0.15, 0.2) is 11.5 Å². The summed E-state index contributed by atoms with van der Waals surface area (Å²) in [7, 11) is 3.15. The summed E-state index contributed by atoms with van der Waals surface area (Å²) >= 11 is 0. The van der Waals surface area contributed by atoms with E-state index in [1.807, 2.05) is 48.7 Å². The zero-order chi connectivity index (χ0) is 25.5. The van der Waals surface area contributed by atoms with E-state index in [1.54, 1.807) is 36.7 Å². The number of aromatic nitrogens is 2. The highest BCUT2D eigenvalue weighted by atomic mass is 16.5. The van der Waals surface area contributed by atoms with E-state index in [1.165, 1.54) is 0 Å². The molecule has 9 heteroatoms. The topological polar surface area (TPSA) is 94.9 Å². The first-order valence-electron chi connectivity index (χ1n) is 12.1. The third-order valence-corrected chi connectivity index (χ3v) is 6.11. The van der Waals surface area contributed by atoms with Crippen molar-refractivity contribution in [3.8, 4) is 28.4 Å². The van der Waals surface area contributed by atoms with E-state index in [4.69, 9.17) is 19.2 Å². The number of benzene rings is 2. The van der Waals surface area contributed by atoms with Gasteiger partial charge in [-0.2, -0.15) is 0 Å². The van der Waals surface area contributed by atoms with Crippen LogP contribution in [-0.2, 0) is 14.3 Å². The monoisotopic (exact) mass is 492 g/mol. The minimum absolute atomic E-state index is 0.0354. The van der Waals surface area contributed by atoms with E-state index in [2.05, 4.69) is 5.32 Å². The molecule has 1 N–H and O–H groups in total. The fourth-order valence-electron chi connectivity index (χ4n) is 4.24. The molecule has 1 unspecified atom stereocenters. The van der Waals surface area contributed by atoms with Gasteiger partial charge in [-0.15, -0.1) is 0 Å². The maximum atomic E-state index is 13.1. The normalized spacial score (nSPS) is 14.9. The van der Waals surface area contributed by atoms with Gasteiger partial charge in [0.1, 0.15) is 6.54 Å². The number of carbonyl (C=O) groups is 2. The maximum absolute atomic E-state index is 13.1. The van der Waals surface area contributed by atoms with Crippen molar-refractivity contribution in [2.24, 2.45) is 0 Å². The highest BCUT2D eigenvalue weighted by molar-refractivity contribution is 5.94. The van der Waals surface area contributed by atoms with Crippen LogP contribution < -0.4 is 14.8 Å². The van der Waals surface area contributed by atoms with E-state index in [9.17, 15) is 9.59 Å². The second-order valence-corrected chi connectivity index (χ2v) is 8.54. The SMILES string of the molecule is CCC(=O)N(CC(=O)Nc1nc(-c2ccccc2)cn1-c1ccc(OC)c(OC)c1)CC1CCCO1. The molecule has 0 radical (unpaired) electrons. The summed E-state index contributed by atoms with van der Waals surface area (Å²) in [4.78, 5) is 31.9. The first-order chi connectivity index (χ1) is 17.5. The Morgan fingerprint density at radius 2 is 1.92 bits per heavy atom. The number of imidazole rings is 1. The number of ether oxygens (including phenoxy) is 3. The number of rotatable bonds is 10. The molecule has 1 saturated heterocycles. The Kier molecular flexibility index (Phi) is 8.22. The molecule has 2 aromatic carbocycles. The minimum atomic E-state index is -0.332. The lowest BCUT2D eigenvalue weighted by molar-refractivity contribution is -0.135. The van der Waals surface area contributed by atoms with E-state index in [0.29, 0.717) is 42.7 Å². The highest BCUT2D eigenvalue weighted by Gasteiger charge is 2.24. The lowest BCUT2D eigenvalue weighted by Crippen LogP contribution is -2.42. The number of amides is 2. The standard InChI is InChI=1S/C27H32N4O5/c1-4-26(33)30(16-21-11-8-14-36-21)18-25(32)29-27-28-22(19-9-6-5-7-10-19)17-31(27)20-12-13-23(34-2)24(15-20)35-3/h5-7,9-10,12-13,15,17,21H,4,8,11,14,16,18H2,1-3H3,(H,28,29,32). The number of carbonyl (C=O) groups excluding carboxylic acids is 2. The molecule has 0 spiro atoms. The number of hydrogen-bond acceptors (Lipinski definition) is 6. The molecule has 0 saturated carbocycles.